The molecule has 0 spiro atoms. The van der Waals surface area contributed by atoms with Gasteiger partial charge in [-0.05, 0) is 30.2 Å². The molecule has 0 bridgehead atoms. The van der Waals surface area contributed by atoms with Crippen LogP contribution in [0.15, 0.2) is 53.5 Å². The lowest BCUT2D eigenvalue weighted by atomic mass is 10.2. The van der Waals surface area contributed by atoms with Crippen LogP contribution in [0.4, 0.5) is 18.9 Å². The number of nitro groups is 1. The van der Waals surface area contributed by atoms with E-state index in [1.807, 2.05) is 6.92 Å². The molecule has 0 unspecified atom stereocenters. The number of benzene rings is 2. The lowest BCUT2D eigenvalue weighted by Crippen LogP contribution is -2.36. The topological polar surface area (TPSA) is 88.8 Å². The van der Waals surface area contributed by atoms with Crippen LogP contribution in [0.25, 0.3) is 0 Å². The van der Waals surface area contributed by atoms with E-state index in [1.54, 1.807) is 24.3 Å². The molecular formula is C19H22F3IN4O3. The number of alkyl halides is 3. The van der Waals surface area contributed by atoms with Crippen LogP contribution >= 0.6 is 24.0 Å². The summed E-state index contributed by atoms with van der Waals surface area (Å²) in [6.07, 6.45) is -4.38. The van der Waals surface area contributed by atoms with Crippen molar-refractivity contribution >= 4 is 35.6 Å². The first-order valence-corrected chi connectivity index (χ1v) is 8.81. The van der Waals surface area contributed by atoms with Gasteiger partial charge in [0.2, 0.25) is 0 Å². The highest BCUT2D eigenvalue weighted by Gasteiger charge is 2.28. The second-order valence-electron chi connectivity index (χ2n) is 6.02. The fourth-order valence-corrected chi connectivity index (χ4v) is 2.33. The Balaban J connectivity index is 0.00000450. The van der Waals surface area contributed by atoms with Crippen molar-refractivity contribution in [3.8, 4) is 5.75 Å². The minimum atomic E-state index is -4.38. The number of guanidine groups is 1. The van der Waals surface area contributed by atoms with Crippen LogP contribution in [0.5, 0.6) is 5.75 Å². The summed E-state index contributed by atoms with van der Waals surface area (Å²) in [6, 6.07) is 12.5. The standard InChI is InChI=1S/C19H21F3N4O3.HI/c1-2-23-18(25-12-15-4-3-5-16(10-15)26(27)28)24-11-14-6-8-17(9-7-14)29-13-19(20,21)22;/h3-10H,2,11-13H2,1H3,(H2,23,24,25);1H. The summed E-state index contributed by atoms with van der Waals surface area (Å²) in [4.78, 5) is 14.8. The van der Waals surface area contributed by atoms with Gasteiger partial charge >= 0.3 is 6.18 Å². The summed E-state index contributed by atoms with van der Waals surface area (Å²) in [5.41, 5.74) is 1.52. The van der Waals surface area contributed by atoms with E-state index in [9.17, 15) is 23.3 Å². The molecule has 2 N–H and O–H groups in total. The van der Waals surface area contributed by atoms with E-state index in [0.29, 0.717) is 24.6 Å². The molecule has 0 radical (unpaired) electrons. The minimum absolute atomic E-state index is 0. The average Bonchev–Trinajstić information content (AvgIpc) is 2.69. The predicted octanol–water partition coefficient (Wildman–Crippen LogP) is 4.41. The molecule has 2 rings (SSSR count). The molecule has 0 atom stereocenters. The monoisotopic (exact) mass is 538 g/mol. The predicted molar refractivity (Wildman–Crippen MR) is 118 cm³/mol. The number of rotatable bonds is 8. The van der Waals surface area contributed by atoms with Crippen LogP contribution in [-0.2, 0) is 13.1 Å². The molecule has 30 heavy (non-hydrogen) atoms. The first kappa shape index (κ1) is 25.5. The maximum absolute atomic E-state index is 12.2. The van der Waals surface area contributed by atoms with Crippen LogP contribution in [0.2, 0.25) is 0 Å². The molecule has 11 heteroatoms. The molecule has 0 amide bonds. The number of nitrogens with zero attached hydrogens (tertiary/aromatic N) is 2. The summed E-state index contributed by atoms with van der Waals surface area (Å²) >= 11 is 0. The Labute approximate surface area is 188 Å². The van der Waals surface area contributed by atoms with Gasteiger partial charge in [-0.2, -0.15) is 13.2 Å². The smallest absolute Gasteiger partial charge is 0.422 e. The molecule has 7 nitrogen and oxygen atoms in total. The Hall–Kier alpha value is -2.57. The maximum Gasteiger partial charge on any atom is 0.422 e. The number of hydrogen-bond acceptors (Lipinski definition) is 4. The number of nitrogens with one attached hydrogen (secondary N) is 2. The van der Waals surface area contributed by atoms with Crippen molar-refractivity contribution in [2.45, 2.75) is 26.2 Å². The first-order valence-electron chi connectivity index (χ1n) is 8.81. The van der Waals surface area contributed by atoms with Crippen LogP contribution in [-0.4, -0.2) is 30.2 Å². The Morgan fingerprint density at radius 1 is 1.13 bits per heavy atom. The fraction of sp³-hybridized carbons (Fsp3) is 0.316. The Bertz CT molecular complexity index is 846. The van der Waals surface area contributed by atoms with Crippen LogP contribution in [0, 0.1) is 10.1 Å². The number of non-ortho nitro benzene ring substituents is 1. The molecule has 0 aliphatic carbocycles. The zero-order valence-corrected chi connectivity index (χ0v) is 18.4. The largest absolute Gasteiger partial charge is 0.484 e. The Morgan fingerprint density at radius 3 is 2.43 bits per heavy atom. The molecule has 0 aliphatic rings. The summed E-state index contributed by atoms with van der Waals surface area (Å²) in [7, 11) is 0. The van der Waals surface area contributed by atoms with E-state index in [2.05, 4.69) is 20.4 Å². The van der Waals surface area contributed by atoms with Crippen molar-refractivity contribution in [2.75, 3.05) is 13.2 Å². The third-order valence-electron chi connectivity index (χ3n) is 3.67. The van der Waals surface area contributed by atoms with E-state index < -0.39 is 17.7 Å². The van der Waals surface area contributed by atoms with Crippen molar-refractivity contribution in [3.05, 3.63) is 69.8 Å². The normalized spacial score (nSPS) is 11.4. The van der Waals surface area contributed by atoms with Gasteiger partial charge < -0.3 is 15.4 Å². The van der Waals surface area contributed by atoms with E-state index in [-0.39, 0.29) is 42.0 Å². The first-order chi connectivity index (χ1) is 13.8. The number of nitro benzene ring substituents is 1. The zero-order valence-electron chi connectivity index (χ0n) is 16.1. The molecule has 164 valence electrons. The summed E-state index contributed by atoms with van der Waals surface area (Å²) in [6.45, 7) is 1.82. The molecule has 0 aliphatic heterocycles. The van der Waals surface area contributed by atoms with Gasteiger partial charge in [0.1, 0.15) is 5.75 Å². The fourth-order valence-electron chi connectivity index (χ4n) is 2.33. The van der Waals surface area contributed by atoms with Crippen molar-refractivity contribution in [3.63, 3.8) is 0 Å². The van der Waals surface area contributed by atoms with Gasteiger partial charge in [0, 0.05) is 25.2 Å². The Kier molecular flexibility index (Phi) is 10.4. The van der Waals surface area contributed by atoms with Crippen LogP contribution in [0.1, 0.15) is 18.1 Å². The van der Waals surface area contributed by atoms with Gasteiger partial charge in [0.15, 0.2) is 12.6 Å². The third-order valence-corrected chi connectivity index (χ3v) is 3.67. The third kappa shape index (κ3) is 9.29. The van der Waals surface area contributed by atoms with Gasteiger partial charge in [0.25, 0.3) is 5.69 Å². The number of halogens is 4. The van der Waals surface area contributed by atoms with Gasteiger partial charge in [-0.3, -0.25) is 10.1 Å². The lowest BCUT2D eigenvalue weighted by molar-refractivity contribution is -0.384. The van der Waals surface area contributed by atoms with E-state index >= 15 is 0 Å². The van der Waals surface area contributed by atoms with Crippen molar-refractivity contribution in [2.24, 2.45) is 4.99 Å². The number of aliphatic imine (C=N–C) groups is 1. The maximum atomic E-state index is 12.2. The number of ether oxygens (including phenoxy) is 1. The quantitative estimate of drug-likeness (QED) is 0.171. The summed E-state index contributed by atoms with van der Waals surface area (Å²) < 4.78 is 41.2. The average molecular weight is 538 g/mol. The lowest BCUT2D eigenvalue weighted by Gasteiger charge is -2.12. The van der Waals surface area contributed by atoms with Crippen molar-refractivity contribution in [1.82, 2.24) is 10.6 Å². The van der Waals surface area contributed by atoms with Crippen LogP contribution < -0.4 is 15.4 Å². The Morgan fingerprint density at radius 2 is 1.83 bits per heavy atom. The molecule has 0 aromatic heterocycles. The minimum Gasteiger partial charge on any atom is -0.484 e. The van der Waals surface area contributed by atoms with E-state index in [0.717, 1.165) is 5.56 Å². The van der Waals surface area contributed by atoms with Gasteiger partial charge in [-0.15, -0.1) is 24.0 Å². The summed E-state index contributed by atoms with van der Waals surface area (Å²) in [5.74, 6) is 0.647. The van der Waals surface area contributed by atoms with Crippen molar-refractivity contribution in [1.29, 1.82) is 0 Å². The van der Waals surface area contributed by atoms with E-state index in [1.165, 1.54) is 24.3 Å². The highest BCUT2D eigenvalue weighted by atomic mass is 127. The molecule has 0 fully saturated rings. The van der Waals surface area contributed by atoms with Crippen molar-refractivity contribution < 1.29 is 22.8 Å². The second-order valence-corrected chi connectivity index (χ2v) is 6.02. The molecule has 2 aromatic carbocycles. The highest BCUT2D eigenvalue weighted by Crippen LogP contribution is 2.19. The molecule has 2 aromatic rings. The number of hydrogen-bond donors (Lipinski definition) is 2. The highest BCUT2D eigenvalue weighted by molar-refractivity contribution is 14.0. The molecule has 0 heterocycles. The zero-order chi connectivity index (χ0) is 21.3. The molecule has 0 saturated carbocycles. The van der Waals surface area contributed by atoms with Gasteiger partial charge in [-0.25, -0.2) is 4.99 Å². The van der Waals surface area contributed by atoms with E-state index in [4.69, 9.17) is 0 Å². The second kappa shape index (κ2) is 12.2. The molecular weight excluding hydrogens is 516 g/mol. The molecule has 0 saturated heterocycles. The SMILES string of the molecule is CCNC(=NCc1cccc([N+](=O)[O-])c1)NCc1ccc(OCC(F)(F)F)cc1.I. The summed E-state index contributed by atoms with van der Waals surface area (Å²) in [5, 5.41) is 17.0. The van der Waals surface area contributed by atoms with Gasteiger partial charge in [0.05, 0.1) is 11.5 Å². The van der Waals surface area contributed by atoms with Crippen LogP contribution in [0.3, 0.4) is 0 Å². The van der Waals surface area contributed by atoms with Gasteiger partial charge in [-0.1, -0.05) is 24.3 Å².